The molecule has 0 atom stereocenters. The molecule has 0 unspecified atom stereocenters. The number of aryl methyl sites for hydroxylation is 1. The van der Waals surface area contributed by atoms with Crippen LogP contribution in [0.5, 0.6) is 0 Å². The molecular formula is C21H25Cl2N3. The van der Waals surface area contributed by atoms with Crippen molar-refractivity contribution < 1.29 is 0 Å². The fourth-order valence-electron chi connectivity index (χ4n) is 3.97. The van der Waals surface area contributed by atoms with Crippen molar-refractivity contribution in [2.45, 2.75) is 19.4 Å². The third-order valence-corrected chi connectivity index (χ3v) is 5.96. The molecule has 1 aliphatic heterocycles. The lowest BCUT2D eigenvalue weighted by Crippen LogP contribution is -2.44. The van der Waals surface area contributed by atoms with Crippen molar-refractivity contribution in [1.29, 1.82) is 0 Å². The molecule has 138 valence electrons. The summed E-state index contributed by atoms with van der Waals surface area (Å²) < 4.78 is 2.42. The van der Waals surface area contributed by atoms with Gasteiger partial charge in [0.05, 0.1) is 0 Å². The van der Waals surface area contributed by atoms with Crippen molar-refractivity contribution in [1.82, 2.24) is 14.4 Å². The summed E-state index contributed by atoms with van der Waals surface area (Å²) in [6.07, 6.45) is 2.41. The highest BCUT2D eigenvalue weighted by Gasteiger charge is 2.14. The van der Waals surface area contributed by atoms with Crippen LogP contribution >= 0.6 is 23.2 Å². The van der Waals surface area contributed by atoms with E-state index in [2.05, 4.69) is 45.7 Å². The molecule has 1 saturated heterocycles. The Morgan fingerprint density at radius 1 is 0.769 bits per heavy atom. The number of halogens is 2. The van der Waals surface area contributed by atoms with Gasteiger partial charge in [0.25, 0.3) is 0 Å². The van der Waals surface area contributed by atoms with Gasteiger partial charge in [-0.1, -0.05) is 23.2 Å². The Morgan fingerprint density at radius 2 is 1.31 bits per heavy atom. The number of likely N-dealkylation sites (N-methyl/N-ethyl adjacent to an activating group) is 1. The molecule has 0 aliphatic carbocycles. The van der Waals surface area contributed by atoms with Gasteiger partial charge in [0.15, 0.2) is 0 Å². The average molecular weight is 390 g/mol. The molecule has 5 heteroatoms. The summed E-state index contributed by atoms with van der Waals surface area (Å²) in [6.45, 7) is 6.99. The second-order valence-corrected chi connectivity index (χ2v) is 8.20. The fraction of sp³-hybridized carbons (Fsp3) is 0.429. The number of hydrogen-bond donors (Lipinski definition) is 0. The third kappa shape index (κ3) is 3.72. The van der Waals surface area contributed by atoms with Gasteiger partial charge in [-0.3, -0.25) is 0 Å². The molecule has 3 nitrogen and oxygen atoms in total. The highest BCUT2D eigenvalue weighted by atomic mass is 35.5. The first-order chi connectivity index (χ1) is 12.6. The molecular weight excluding hydrogens is 365 g/mol. The normalized spacial score (nSPS) is 16.7. The summed E-state index contributed by atoms with van der Waals surface area (Å²) in [5.74, 6) is 0. The molecule has 1 fully saturated rings. The lowest BCUT2D eigenvalue weighted by Gasteiger charge is -2.32. The van der Waals surface area contributed by atoms with E-state index in [0.29, 0.717) is 0 Å². The topological polar surface area (TPSA) is 11.4 Å². The van der Waals surface area contributed by atoms with Crippen molar-refractivity contribution in [3.05, 3.63) is 46.4 Å². The van der Waals surface area contributed by atoms with Gasteiger partial charge in [-0.15, -0.1) is 0 Å². The van der Waals surface area contributed by atoms with E-state index in [4.69, 9.17) is 23.2 Å². The molecule has 0 radical (unpaired) electrons. The van der Waals surface area contributed by atoms with Crippen LogP contribution in [0.1, 0.15) is 12.8 Å². The Morgan fingerprint density at radius 3 is 1.88 bits per heavy atom. The van der Waals surface area contributed by atoms with Crippen LogP contribution in [0.4, 0.5) is 0 Å². The van der Waals surface area contributed by atoms with Gasteiger partial charge in [0.1, 0.15) is 0 Å². The summed E-state index contributed by atoms with van der Waals surface area (Å²) in [4.78, 5) is 5.00. The number of hydrogen-bond acceptors (Lipinski definition) is 2. The van der Waals surface area contributed by atoms with Gasteiger partial charge in [-0.05, 0) is 62.8 Å². The first-order valence-corrected chi connectivity index (χ1v) is 10.2. The lowest BCUT2D eigenvalue weighted by molar-refractivity contribution is 0.152. The summed E-state index contributed by atoms with van der Waals surface area (Å²) in [6, 6.07) is 12.3. The van der Waals surface area contributed by atoms with Gasteiger partial charge in [-0.25, -0.2) is 0 Å². The predicted octanol–water partition coefficient (Wildman–Crippen LogP) is 5.13. The average Bonchev–Trinajstić information content (AvgIpc) is 2.93. The van der Waals surface area contributed by atoms with Crippen molar-refractivity contribution in [3.63, 3.8) is 0 Å². The van der Waals surface area contributed by atoms with Gasteiger partial charge in [-0.2, -0.15) is 0 Å². The zero-order valence-electron chi connectivity index (χ0n) is 15.2. The van der Waals surface area contributed by atoms with Crippen LogP contribution in [0, 0.1) is 0 Å². The van der Waals surface area contributed by atoms with Gasteiger partial charge in [0.2, 0.25) is 0 Å². The SMILES string of the molecule is CN1CCN(CCCCn2c3ccc(Cl)cc3c3cc(Cl)ccc32)CC1. The third-order valence-electron chi connectivity index (χ3n) is 5.49. The Labute approximate surface area is 165 Å². The van der Waals surface area contributed by atoms with Crippen LogP contribution < -0.4 is 0 Å². The van der Waals surface area contributed by atoms with Crippen LogP contribution in [-0.4, -0.2) is 54.1 Å². The van der Waals surface area contributed by atoms with Crippen molar-refractivity contribution in [2.75, 3.05) is 39.8 Å². The Bertz CT molecular complexity index is 851. The first kappa shape index (κ1) is 18.1. The minimum absolute atomic E-state index is 0.770. The van der Waals surface area contributed by atoms with Crippen molar-refractivity contribution in [3.8, 4) is 0 Å². The Balaban J connectivity index is 1.50. The molecule has 1 aliphatic rings. The van der Waals surface area contributed by atoms with E-state index in [9.17, 15) is 0 Å². The minimum atomic E-state index is 0.770. The Hall–Kier alpha value is -1.26. The van der Waals surface area contributed by atoms with E-state index in [-0.39, 0.29) is 0 Å². The standard InChI is InChI=1S/C21H25Cl2N3/c1-24-10-12-25(13-11-24)8-2-3-9-26-20-6-4-16(22)14-18(20)19-15-17(23)5-7-21(19)26/h4-7,14-15H,2-3,8-13H2,1H3. The summed E-state index contributed by atoms with van der Waals surface area (Å²) in [5.41, 5.74) is 2.48. The monoisotopic (exact) mass is 389 g/mol. The number of piperazine rings is 1. The number of unbranched alkanes of at least 4 members (excludes halogenated alkanes) is 1. The molecule has 26 heavy (non-hydrogen) atoms. The van der Waals surface area contributed by atoms with E-state index in [1.165, 1.54) is 67.4 Å². The second kappa shape index (κ2) is 7.77. The quantitative estimate of drug-likeness (QED) is 0.560. The second-order valence-electron chi connectivity index (χ2n) is 7.33. The molecule has 0 amide bonds. The van der Waals surface area contributed by atoms with E-state index in [1.807, 2.05) is 12.1 Å². The van der Waals surface area contributed by atoms with Crippen LogP contribution in [0.25, 0.3) is 21.8 Å². The van der Waals surface area contributed by atoms with Crippen LogP contribution in [0.2, 0.25) is 10.0 Å². The zero-order chi connectivity index (χ0) is 18.1. The molecule has 2 heterocycles. The van der Waals surface area contributed by atoms with Gasteiger partial charge < -0.3 is 14.4 Å². The number of fused-ring (bicyclic) bond motifs is 3. The van der Waals surface area contributed by atoms with Crippen LogP contribution in [-0.2, 0) is 6.54 Å². The maximum Gasteiger partial charge on any atom is 0.0492 e. The molecule has 0 N–H and O–H groups in total. The molecule has 0 spiro atoms. The molecule has 4 rings (SSSR count). The first-order valence-electron chi connectivity index (χ1n) is 9.40. The summed E-state index contributed by atoms with van der Waals surface area (Å²) in [5, 5.41) is 3.92. The maximum absolute atomic E-state index is 6.24. The van der Waals surface area contributed by atoms with E-state index in [0.717, 1.165) is 16.6 Å². The number of aromatic nitrogens is 1. The predicted molar refractivity (Wildman–Crippen MR) is 113 cm³/mol. The smallest absolute Gasteiger partial charge is 0.0492 e. The maximum atomic E-state index is 6.24. The molecule has 2 aromatic carbocycles. The number of nitrogens with zero attached hydrogens (tertiary/aromatic N) is 3. The van der Waals surface area contributed by atoms with Crippen LogP contribution in [0.3, 0.4) is 0 Å². The lowest BCUT2D eigenvalue weighted by atomic mass is 10.1. The van der Waals surface area contributed by atoms with Gasteiger partial charge >= 0.3 is 0 Å². The van der Waals surface area contributed by atoms with Crippen LogP contribution in [0.15, 0.2) is 36.4 Å². The molecule has 3 aromatic rings. The summed E-state index contributed by atoms with van der Waals surface area (Å²) in [7, 11) is 2.21. The van der Waals surface area contributed by atoms with Crippen molar-refractivity contribution in [2.24, 2.45) is 0 Å². The van der Waals surface area contributed by atoms with E-state index in [1.54, 1.807) is 0 Å². The Kier molecular flexibility index (Phi) is 5.42. The highest BCUT2D eigenvalue weighted by molar-refractivity contribution is 6.33. The van der Waals surface area contributed by atoms with Crippen molar-refractivity contribution >= 4 is 45.0 Å². The molecule has 1 aromatic heterocycles. The highest BCUT2D eigenvalue weighted by Crippen LogP contribution is 2.33. The summed E-state index contributed by atoms with van der Waals surface area (Å²) >= 11 is 12.5. The minimum Gasteiger partial charge on any atom is -0.340 e. The largest absolute Gasteiger partial charge is 0.340 e. The molecule has 0 bridgehead atoms. The van der Waals surface area contributed by atoms with Gasteiger partial charge in [0, 0.05) is 64.6 Å². The number of benzene rings is 2. The molecule has 0 saturated carbocycles. The van der Waals surface area contributed by atoms with E-state index < -0.39 is 0 Å². The fourth-order valence-corrected chi connectivity index (χ4v) is 4.31. The zero-order valence-corrected chi connectivity index (χ0v) is 16.7. The van der Waals surface area contributed by atoms with E-state index >= 15 is 0 Å². The number of rotatable bonds is 5.